The van der Waals surface area contributed by atoms with Gasteiger partial charge in [0.2, 0.25) is 5.78 Å². The number of carbonyl (C=O) groups excluding carboxylic acids is 4. The molecule has 5 rings (SSSR count). The van der Waals surface area contributed by atoms with Gasteiger partial charge in [0.1, 0.15) is 28.9 Å². The lowest BCUT2D eigenvalue weighted by molar-refractivity contribution is -0.183. The average molecular weight is 498 g/mol. The first-order valence-electron chi connectivity index (χ1n) is 11.7. The number of ether oxygens (including phenoxy) is 1. The predicted octanol–water partition coefficient (Wildman–Crippen LogP) is 0.889. The summed E-state index contributed by atoms with van der Waals surface area (Å²) in [5.74, 6) is -9.97. The number of nitrogen functional groups attached to an aromatic ring is 1. The fourth-order valence-corrected chi connectivity index (χ4v) is 6.01. The second-order valence-electron chi connectivity index (χ2n) is 9.99. The number of phenols is 1. The summed E-state index contributed by atoms with van der Waals surface area (Å²) < 4.78 is 5.84. The summed E-state index contributed by atoms with van der Waals surface area (Å²) in [5, 5.41) is 44.3. The molecule has 0 bridgehead atoms. The van der Waals surface area contributed by atoms with Gasteiger partial charge in [-0.15, -0.1) is 0 Å². The van der Waals surface area contributed by atoms with Gasteiger partial charge in [0.25, 0.3) is 5.91 Å². The number of hydrogen-bond acceptors (Lipinski definition) is 10. The third-order valence-corrected chi connectivity index (χ3v) is 8.19. The Morgan fingerprint density at radius 1 is 1.14 bits per heavy atom. The van der Waals surface area contributed by atoms with Crippen molar-refractivity contribution in [3.05, 3.63) is 40.2 Å². The van der Waals surface area contributed by atoms with Crippen LogP contribution in [0.2, 0.25) is 0 Å². The smallest absolute Gasteiger partial charge is 0.309 e. The van der Waals surface area contributed by atoms with Gasteiger partial charge < -0.3 is 36.6 Å². The standard InChI is InChI=1S/C25H26N2O9/c1-8-10-5-6-12(26)18(29)15(10)19(30)17-14(8)20(36-24(34)9-3-2-4-9)11-7-13(28)16(23(27)33)21(31)25(11,35)22(17)32/h5-6,8-9,11,14,20,29-31,35H,2-4,7,26H2,1H3,(H2,27,33)/t8-,11+,14+,20+,25+/m0/s1. The zero-order valence-corrected chi connectivity index (χ0v) is 19.4. The van der Waals surface area contributed by atoms with Crippen LogP contribution in [-0.2, 0) is 23.9 Å². The Morgan fingerprint density at radius 2 is 1.81 bits per heavy atom. The maximum absolute atomic E-state index is 13.8. The Hall–Kier alpha value is -3.86. The predicted molar refractivity (Wildman–Crippen MR) is 123 cm³/mol. The van der Waals surface area contributed by atoms with Gasteiger partial charge in [0.05, 0.1) is 17.2 Å². The van der Waals surface area contributed by atoms with E-state index in [0.717, 1.165) is 6.42 Å². The number of anilines is 1. The van der Waals surface area contributed by atoms with Gasteiger partial charge >= 0.3 is 5.97 Å². The van der Waals surface area contributed by atoms with E-state index in [-0.39, 0.29) is 11.3 Å². The quantitative estimate of drug-likeness (QED) is 0.150. The number of aliphatic hydroxyl groups is 3. The number of carbonyl (C=O) groups is 4. The largest absolute Gasteiger partial charge is 0.508 e. The summed E-state index contributed by atoms with van der Waals surface area (Å²) in [6, 6.07) is 2.99. The third-order valence-electron chi connectivity index (χ3n) is 8.19. The Kier molecular flexibility index (Phi) is 5.18. The van der Waals surface area contributed by atoms with Crippen molar-refractivity contribution >= 4 is 34.9 Å². The Labute approximate surface area is 205 Å². The molecule has 0 unspecified atom stereocenters. The van der Waals surface area contributed by atoms with E-state index >= 15 is 0 Å². The van der Waals surface area contributed by atoms with Gasteiger partial charge in [-0.25, -0.2) is 0 Å². The second-order valence-corrected chi connectivity index (χ2v) is 9.99. The van der Waals surface area contributed by atoms with Crippen molar-refractivity contribution in [3.8, 4) is 5.75 Å². The van der Waals surface area contributed by atoms with Crippen LogP contribution in [0.4, 0.5) is 5.69 Å². The van der Waals surface area contributed by atoms with Gasteiger partial charge in [-0.05, 0) is 30.4 Å². The summed E-state index contributed by atoms with van der Waals surface area (Å²) >= 11 is 0. The number of hydrogen-bond donors (Lipinski definition) is 6. The molecular weight excluding hydrogens is 472 g/mol. The average Bonchev–Trinajstić information content (AvgIpc) is 2.76. The fraction of sp³-hybridized carbons (Fsp3) is 0.440. The number of ketones is 2. The first-order valence-corrected chi connectivity index (χ1v) is 11.7. The van der Waals surface area contributed by atoms with Crippen LogP contribution >= 0.6 is 0 Å². The maximum atomic E-state index is 13.8. The SMILES string of the molecule is C[C@H]1c2ccc(N)c(O)c2C(O)=C2C(=O)[C@]3(O)C(O)=C(C(N)=O)C(=O)C[C@@H]3[C@@H](OC(=O)C3CCC3)[C@@H]21. The Bertz CT molecular complexity index is 1310. The molecule has 4 aliphatic rings. The maximum Gasteiger partial charge on any atom is 0.309 e. The highest BCUT2D eigenvalue weighted by molar-refractivity contribution is 6.23. The minimum absolute atomic E-state index is 0.0682. The minimum atomic E-state index is -2.88. The van der Waals surface area contributed by atoms with E-state index in [1.165, 1.54) is 6.07 Å². The molecule has 0 radical (unpaired) electrons. The molecular formula is C25H26N2O9. The summed E-state index contributed by atoms with van der Waals surface area (Å²) in [6.45, 7) is 1.68. The van der Waals surface area contributed by atoms with Crippen molar-refractivity contribution in [2.75, 3.05) is 5.73 Å². The molecule has 11 nitrogen and oxygen atoms in total. The van der Waals surface area contributed by atoms with Crippen molar-refractivity contribution in [1.82, 2.24) is 0 Å². The van der Waals surface area contributed by atoms with Crippen LogP contribution < -0.4 is 11.5 Å². The highest BCUT2D eigenvalue weighted by Crippen LogP contribution is 2.57. The number of phenolic OH excluding ortho intramolecular Hbond substituents is 1. The molecule has 1 aromatic carbocycles. The molecule has 1 amide bonds. The normalized spacial score (nSPS) is 31.8. The first-order chi connectivity index (χ1) is 16.9. The monoisotopic (exact) mass is 498 g/mol. The van der Waals surface area contributed by atoms with Gasteiger partial charge in [-0.2, -0.15) is 0 Å². The van der Waals surface area contributed by atoms with E-state index in [1.807, 2.05) is 0 Å². The van der Waals surface area contributed by atoms with Crippen molar-refractivity contribution in [2.24, 2.45) is 23.5 Å². The van der Waals surface area contributed by atoms with E-state index in [0.29, 0.717) is 18.4 Å². The van der Waals surface area contributed by atoms with Gasteiger partial charge in [-0.3, -0.25) is 19.2 Å². The number of Topliss-reactive ketones (excluding diaryl/α,β-unsaturated/α-hetero) is 2. The van der Waals surface area contributed by atoms with Gasteiger partial charge in [0, 0.05) is 23.8 Å². The van der Waals surface area contributed by atoms with Crippen LogP contribution in [0, 0.1) is 17.8 Å². The van der Waals surface area contributed by atoms with Crippen LogP contribution in [-0.4, -0.2) is 55.6 Å². The highest BCUT2D eigenvalue weighted by Gasteiger charge is 2.66. The number of amides is 1. The number of rotatable bonds is 3. The van der Waals surface area contributed by atoms with Crippen molar-refractivity contribution in [1.29, 1.82) is 0 Å². The molecule has 36 heavy (non-hydrogen) atoms. The number of fused-ring (bicyclic) bond motifs is 3. The molecule has 8 N–H and O–H groups in total. The molecule has 2 fully saturated rings. The molecule has 5 atom stereocenters. The molecule has 0 heterocycles. The molecule has 0 aliphatic heterocycles. The van der Waals surface area contributed by atoms with Crippen LogP contribution in [0.15, 0.2) is 29.0 Å². The molecule has 1 aromatic rings. The summed E-state index contributed by atoms with van der Waals surface area (Å²) in [5.41, 5.74) is 7.04. The van der Waals surface area contributed by atoms with E-state index in [9.17, 15) is 39.6 Å². The zero-order chi connectivity index (χ0) is 26.3. The first kappa shape index (κ1) is 23.9. The number of esters is 1. The zero-order valence-electron chi connectivity index (χ0n) is 19.4. The summed E-state index contributed by atoms with van der Waals surface area (Å²) in [6.07, 6.45) is 0.0879. The lowest BCUT2D eigenvalue weighted by Gasteiger charge is -2.51. The number of aliphatic hydroxyl groups excluding tert-OH is 2. The van der Waals surface area contributed by atoms with Crippen LogP contribution in [0.5, 0.6) is 5.75 Å². The van der Waals surface area contributed by atoms with E-state index in [2.05, 4.69) is 0 Å². The second kappa shape index (κ2) is 7.82. The highest BCUT2D eigenvalue weighted by atomic mass is 16.5. The summed E-state index contributed by atoms with van der Waals surface area (Å²) in [7, 11) is 0. The van der Waals surface area contributed by atoms with Crippen molar-refractivity contribution < 1.29 is 44.3 Å². The van der Waals surface area contributed by atoms with Crippen LogP contribution in [0.3, 0.4) is 0 Å². The molecule has 4 aliphatic carbocycles. The topological polar surface area (TPSA) is 210 Å². The van der Waals surface area contributed by atoms with Gasteiger partial charge in [-0.1, -0.05) is 19.4 Å². The van der Waals surface area contributed by atoms with Crippen molar-refractivity contribution in [2.45, 2.75) is 50.2 Å². The number of nitrogens with two attached hydrogens (primary N) is 2. The molecule has 0 saturated heterocycles. The number of benzene rings is 1. The van der Waals surface area contributed by atoms with E-state index in [4.69, 9.17) is 16.2 Å². The van der Waals surface area contributed by atoms with Crippen LogP contribution in [0.1, 0.15) is 49.7 Å². The third kappa shape index (κ3) is 2.95. The summed E-state index contributed by atoms with van der Waals surface area (Å²) in [4.78, 5) is 51.4. The molecule has 0 spiro atoms. The molecule has 0 aromatic heterocycles. The molecule has 2 saturated carbocycles. The van der Waals surface area contributed by atoms with E-state index in [1.54, 1.807) is 13.0 Å². The lowest BCUT2D eigenvalue weighted by Crippen LogP contribution is -2.64. The lowest BCUT2D eigenvalue weighted by atomic mass is 9.55. The Morgan fingerprint density at radius 3 is 2.39 bits per heavy atom. The fourth-order valence-electron chi connectivity index (χ4n) is 6.01. The van der Waals surface area contributed by atoms with Gasteiger partial charge in [0.15, 0.2) is 11.4 Å². The number of aromatic hydroxyl groups is 1. The Balaban J connectivity index is 1.77. The van der Waals surface area contributed by atoms with Crippen LogP contribution in [0.25, 0.3) is 5.76 Å². The van der Waals surface area contributed by atoms with E-state index < -0.39 is 93.7 Å². The molecule has 11 heteroatoms. The molecule has 190 valence electrons. The minimum Gasteiger partial charge on any atom is -0.508 e. The van der Waals surface area contributed by atoms with Crippen molar-refractivity contribution in [3.63, 3.8) is 0 Å². The number of primary amides is 1.